The molecule has 0 amide bonds. The van der Waals surface area contributed by atoms with E-state index in [2.05, 4.69) is 0 Å². The highest BCUT2D eigenvalue weighted by molar-refractivity contribution is 5.34. The highest BCUT2D eigenvalue weighted by atomic mass is 19.1. The molecule has 1 aromatic carbocycles. The molecular formula is C14H19FO5. The summed E-state index contributed by atoms with van der Waals surface area (Å²) in [6.45, 7) is 3.68. The van der Waals surface area contributed by atoms with Crippen LogP contribution >= 0.6 is 0 Å². The first-order chi connectivity index (χ1) is 9.28. The van der Waals surface area contributed by atoms with Crippen LogP contribution in [0.15, 0.2) is 18.2 Å². The molecule has 2 unspecified atom stereocenters. The van der Waals surface area contributed by atoms with Crippen LogP contribution in [-0.2, 0) is 9.47 Å². The monoisotopic (exact) mass is 286 g/mol. The fraction of sp³-hybridized carbons (Fsp3) is 0.571. The van der Waals surface area contributed by atoms with Gasteiger partial charge in [0.05, 0.1) is 18.8 Å². The molecule has 1 aliphatic rings. The Morgan fingerprint density at radius 1 is 1.40 bits per heavy atom. The number of phenolic OH excluding ortho intramolecular Hbond substituents is 1. The molecule has 3 atom stereocenters. The van der Waals surface area contributed by atoms with Crippen molar-refractivity contribution in [3.05, 3.63) is 29.6 Å². The molecule has 1 heterocycles. The lowest BCUT2D eigenvalue weighted by atomic mass is 10.00. The summed E-state index contributed by atoms with van der Waals surface area (Å²) in [5, 5.41) is 29.6. The maximum atomic E-state index is 13.1. The van der Waals surface area contributed by atoms with Crippen molar-refractivity contribution in [3.63, 3.8) is 0 Å². The van der Waals surface area contributed by atoms with E-state index in [1.807, 2.05) is 0 Å². The molecule has 0 radical (unpaired) electrons. The second kappa shape index (κ2) is 5.65. The number of hydrogen-bond acceptors (Lipinski definition) is 5. The van der Waals surface area contributed by atoms with Crippen molar-refractivity contribution in [3.8, 4) is 5.75 Å². The van der Waals surface area contributed by atoms with Crippen LogP contribution in [0.4, 0.5) is 4.39 Å². The summed E-state index contributed by atoms with van der Waals surface area (Å²) in [4.78, 5) is 0. The zero-order chi connectivity index (χ0) is 14.9. The van der Waals surface area contributed by atoms with Crippen molar-refractivity contribution in [2.24, 2.45) is 0 Å². The first-order valence-corrected chi connectivity index (χ1v) is 6.45. The molecule has 2 rings (SSSR count). The van der Waals surface area contributed by atoms with Crippen LogP contribution < -0.4 is 0 Å². The minimum absolute atomic E-state index is 0.0437. The quantitative estimate of drug-likeness (QED) is 0.781. The number of phenols is 1. The summed E-state index contributed by atoms with van der Waals surface area (Å²) in [6.07, 6.45) is -2.81. The zero-order valence-electron chi connectivity index (χ0n) is 11.4. The van der Waals surface area contributed by atoms with Crippen molar-refractivity contribution in [1.29, 1.82) is 0 Å². The van der Waals surface area contributed by atoms with Gasteiger partial charge in [-0.3, -0.25) is 0 Å². The number of benzene rings is 1. The third-order valence-electron chi connectivity index (χ3n) is 3.27. The highest BCUT2D eigenvalue weighted by Gasteiger charge is 2.37. The molecule has 5 nitrogen and oxygen atoms in total. The van der Waals surface area contributed by atoms with Gasteiger partial charge in [0, 0.05) is 12.0 Å². The van der Waals surface area contributed by atoms with E-state index < -0.39 is 29.9 Å². The van der Waals surface area contributed by atoms with Gasteiger partial charge in [0.25, 0.3) is 0 Å². The average Bonchev–Trinajstić information content (AvgIpc) is 2.72. The van der Waals surface area contributed by atoms with Crippen molar-refractivity contribution >= 4 is 0 Å². The van der Waals surface area contributed by atoms with E-state index in [-0.39, 0.29) is 24.3 Å². The van der Waals surface area contributed by atoms with Crippen molar-refractivity contribution in [1.82, 2.24) is 0 Å². The predicted molar refractivity (Wildman–Crippen MR) is 68.6 cm³/mol. The van der Waals surface area contributed by atoms with Crippen LogP contribution in [0.3, 0.4) is 0 Å². The van der Waals surface area contributed by atoms with Gasteiger partial charge in [0.15, 0.2) is 5.79 Å². The van der Waals surface area contributed by atoms with E-state index in [0.29, 0.717) is 0 Å². The molecule has 0 bridgehead atoms. The number of rotatable bonds is 4. The minimum atomic E-state index is -1.19. The molecular weight excluding hydrogens is 267 g/mol. The molecule has 1 saturated heterocycles. The fourth-order valence-corrected chi connectivity index (χ4v) is 2.20. The molecule has 0 aliphatic carbocycles. The summed E-state index contributed by atoms with van der Waals surface area (Å²) in [5.74, 6) is -1.54. The largest absolute Gasteiger partial charge is 0.508 e. The summed E-state index contributed by atoms with van der Waals surface area (Å²) in [6, 6.07) is 3.31. The fourth-order valence-electron chi connectivity index (χ4n) is 2.20. The van der Waals surface area contributed by atoms with E-state index in [1.54, 1.807) is 13.8 Å². The highest BCUT2D eigenvalue weighted by Crippen LogP contribution is 2.31. The molecule has 3 N–H and O–H groups in total. The van der Waals surface area contributed by atoms with Crippen LogP contribution in [0.2, 0.25) is 0 Å². The van der Waals surface area contributed by atoms with Crippen LogP contribution in [-0.4, -0.2) is 39.9 Å². The summed E-state index contributed by atoms with van der Waals surface area (Å²) >= 11 is 0. The summed E-state index contributed by atoms with van der Waals surface area (Å²) in [5.41, 5.74) is 0.0437. The Morgan fingerprint density at radius 3 is 2.70 bits per heavy atom. The van der Waals surface area contributed by atoms with Gasteiger partial charge < -0.3 is 24.8 Å². The van der Waals surface area contributed by atoms with Crippen LogP contribution in [0.25, 0.3) is 0 Å². The Balaban J connectivity index is 2.00. The number of aliphatic hydroxyl groups excluding tert-OH is 2. The van der Waals surface area contributed by atoms with E-state index in [9.17, 15) is 19.7 Å². The van der Waals surface area contributed by atoms with Gasteiger partial charge in [-0.05, 0) is 32.0 Å². The number of ether oxygens (including phenoxy) is 2. The topological polar surface area (TPSA) is 79.2 Å². The Labute approximate surface area is 116 Å². The van der Waals surface area contributed by atoms with Crippen molar-refractivity contribution in [2.75, 3.05) is 6.61 Å². The lowest BCUT2D eigenvalue weighted by Gasteiger charge is -2.22. The van der Waals surface area contributed by atoms with Gasteiger partial charge in [-0.1, -0.05) is 0 Å². The molecule has 0 aromatic heterocycles. The van der Waals surface area contributed by atoms with Gasteiger partial charge in [-0.2, -0.15) is 0 Å². The Hall–Kier alpha value is -1.21. The summed E-state index contributed by atoms with van der Waals surface area (Å²) in [7, 11) is 0. The van der Waals surface area contributed by atoms with Gasteiger partial charge in [0.2, 0.25) is 0 Å². The van der Waals surface area contributed by atoms with Crippen molar-refractivity contribution < 1.29 is 29.2 Å². The number of aliphatic hydroxyl groups is 2. The second-order valence-electron chi connectivity index (χ2n) is 5.39. The molecule has 6 heteroatoms. The van der Waals surface area contributed by atoms with Crippen molar-refractivity contribution in [2.45, 2.75) is 44.4 Å². The second-order valence-corrected chi connectivity index (χ2v) is 5.39. The molecule has 20 heavy (non-hydrogen) atoms. The van der Waals surface area contributed by atoms with E-state index in [0.717, 1.165) is 12.1 Å². The molecule has 0 saturated carbocycles. The maximum Gasteiger partial charge on any atom is 0.163 e. The molecule has 1 aliphatic heterocycles. The van der Waals surface area contributed by atoms with Crippen LogP contribution in [0.1, 0.15) is 31.9 Å². The van der Waals surface area contributed by atoms with E-state index >= 15 is 0 Å². The van der Waals surface area contributed by atoms with E-state index in [4.69, 9.17) is 9.47 Å². The third kappa shape index (κ3) is 3.46. The lowest BCUT2D eigenvalue weighted by Crippen LogP contribution is -2.32. The maximum absolute atomic E-state index is 13.1. The Morgan fingerprint density at radius 2 is 2.10 bits per heavy atom. The lowest BCUT2D eigenvalue weighted by molar-refractivity contribution is -0.153. The smallest absolute Gasteiger partial charge is 0.163 e. The number of halogens is 1. The minimum Gasteiger partial charge on any atom is -0.508 e. The molecule has 112 valence electrons. The van der Waals surface area contributed by atoms with Crippen LogP contribution in [0.5, 0.6) is 5.75 Å². The normalized spacial score (nSPS) is 24.6. The number of hydrogen-bond donors (Lipinski definition) is 3. The van der Waals surface area contributed by atoms with E-state index in [1.165, 1.54) is 6.07 Å². The van der Waals surface area contributed by atoms with Crippen LogP contribution in [0, 0.1) is 5.82 Å². The summed E-state index contributed by atoms with van der Waals surface area (Å²) < 4.78 is 23.9. The van der Waals surface area contributed by atoms with Gasteiger partial charge in [0.1, 0.15) is 17.7 Å². The average molecular weight is 286 g/mol. The molecule has 0 spiro atoms. The SMILES string of the molecule is CC1(C)OC[C@H](C(O)CC(O)c2cc(F)ccc2O)O1. The Kier molecular flexibility index (Phi) is 4.29. The van der Waals surface area contributed by atoms with Gasteiger partial charge in [-0.25, -0.2) is 4.39 Å². The van der Waals surface area contributed by atoms with Gasteiger partial charge >= 0.3 is 0 Å². The standard InChI is InChI=1S/C14H19FO5/c1-14(2)19-7-13(20-14)12(18)6-11(17)9-5-8(15)3-4-10(9)16/h3-5,11-13,16-18H,6-7H2,1-2H3/t11?,12?,13-/m1/s1. The first-order valence-electron chi connectivity index (χ1n) is 6.45. The molecule has 1 fully saturated rings. The zero-order valence-corrected chi connectivity index (χ0v) is 11.4. The predicted octanol–water partition coefficient (Wildman–Crippen LogP) is 1.47. The first kappa shape index (κ1) is 15.2. The Bertz CT molecular complexity index is 477. The molecule has 1 aromatic rings. The van der Waals surface area contributed by atoms with Gasteiger partial charge in [-0.15, -0.1) is 0 Å². The third-order valence-corrected chi connectivity index (χ3v) is 3.27. The number of aromatic hydroxyl groups is 1.